The number of rotatable bonds is 3. The van der Waals surface area contributed by atoms with E-state index in [1.807, 2.05) is 42.5 Å². The third-order valence-electron chi connectivity index (χ3n) is 4.75. The van der Waals surface area contributed by atoms with Gasteiger partial charge in [0.25, 0.3) is 5.91 Å². The lowest BCUT2D eigenvalue weighted by Crippen LogP contribution is -2.34. The van der Waals surface area contributed by atoms with Crippen LogP contribution in [0.1, 0.15) is 27.7 Å². The molecule has 2 aromatic carbocycles. The number of H-pyrrole nitrogens is 1. The summed E-state index contributed by atoms with van der Waals surface area (Å²) in [6.07, 6.45) is 1.74. The van der Waals surface area contributed by atoms with Crippen LogP contribution in [0.3, 0.4) is 0 Å². The number of fused-ring (bicyclic) bond motifs is 2. The van der Waals surface area contributed by atoms with Gasteiger partial charge in [-0.3, -0.25) is 9.89 Å². The predicted molar refractivity (Wildman–Crippen MR) is 97.9 cm³/mol. The van der Waals surface area contributed by atoms with Crippen molar-refractivity contribution in [1.82, 2.24) is 20.7 Å². The van der Waals surface area contributed by atoms with E-state index in [1.165, 1.54) is 0 Å². The van der Waals surface area contributed by atoms with Gasteiger partial charge in [0.05, 0.1) is 31.0 Å². The van der Waals surface area contributed by atoms with Crippen LogP contribution in [0.2, 0.25) is 0 Å². The first-order chi connectivity index (χ1) is 13.3. The SMILES string of the molecule is O=C(NC1COCc2ccccc21)c1cc(-c2ccc3[nH]ncc3c2)on1. The van der Waals surface area contributed by atoms with Crippen molar-refractivity contribution < 1.29 is 14.1 Å². The van der Waals surface area contributed by atoms with Crippen LogP contribution in [0.5, 0.6) is 0 Å². The van der Waals surface area contributed by atoms with E-state index in [1.54, 1.807) is 12.3 Å². The topological polar surface area (TPSA) is 93.0 Å². The number of carbonyl (C=O) groups excluding carboxylic acids is 1. The highest BCUT2D eigenvalue weighted by molar-refractivity contribution is 5.93. The Hall–Kier alpha value is -3.45. The third-order valence-corrected chi connectivity index (χ3v) is 4.75. The Morgan fingerprint density at radius 3 is 3.07 bits per heavy atom. The third kappa shape index (κ3) is 2.88. The Bertz CT molecular complexity index is 1130. The van der Waals surface area contributed by atoms with Gasteiger partial charge < -0.3 is 14.6 Å². The zero-order valence-corrected chi connectivity index (χ0v) is 14.3. The lowest BCUT2D eigenvalue weighted by molar-refractivity contribution is 0.0703. The summed E-state index contributed by atoms with van der Waals surface area (Å²) in [6, 6.07) is 15.1. The maximum Gasteiger partial charge on any atom is 0.274 e. The van der Waals surface area contributed by atoms with Crippen molar-refractivity contribution in [2.45, 2.75) is 12.6 Å². The van der Waals surface area contributed by atoms with E-state index in [2.05, 4.69) is 20.7 Å². The van der Waals surface area contributed by atoms with Gasteiger partial charge in [0, 0.05) is 17.0 Å². The molecule has 0 fully saturated rings. The van der Waals surface area contributed by atoms with Crippen LogP contribution in [0.4, 0.5) is 0 Å². The zero-order valence-electron chi connectivity index (χ0n) is 14.3. The molecule has 134 valence electrons. The van der Waals surface area contributed by atoms with E-state index in [9.17, 15) is 4.79 Å². The van der Waals surface area contributed by atoms with Gasteiger partial charge in [0.2, 0.25) is 0 Å². The minimum atomic E-state index is -0.292. The summed E-state index contributed by atoms with van der Waals surface area (Å²) in [5, 5.41) is 14.8. The minimum Gasteiger partial charge on any atom is -0.374 e. The number of ether oxygens (including phenoxy) is 1. The van der Waals surface area contributed by atoms with Crippen LogP contribution in [0.15, 0.2) is 59.3 Å². The van der Waals surface area contributed by atoms with Crippen molar-refractivity contribution in [3.63, 3.8) is 0 Å². The number of benzene rings is 2. The molecule has 1 unspecified atom stereocenters. The summed E-state index contributed by atoms with van der Waals surface area (Å²) in [7, 11) is 0. The van der Waals surface area contributed by atoms with E-state index >= 15 is 0 Å². The van der Waals surface area contributed by atoms with E-state index in [-0.39, 0.29) is 17.6 Å². The number of nitrogens with one attached hydrogen (secondary N) is 2. The quantitative estimate of drug-likeness (QED) is 0.585. The fourth-order valence-electron chi connectivity index (χ4n) is 3.35. The van der Waals surface area contributed by atoms with Crippen LogP contribution in [0, 0.1) is 0 Å². The van der Waals surface area contributed by atoms with Crippen LogP contribution in [0.25, 0.3) is 22.2 Å². The maximum absolute atomic E-state index is 12.6. The lowest BCUT2D eigenvalue weighted by atomic mass is 9.99. The van der Waals surface area contributed by atoms with Gasteiger partial charge in [0.15, 0.2) is 11.5 Å². The molecule has 0 bridgehead atoms. The van der Waals surface area contributed by atoms with Gasteiger partial charge in [-0.25, -0.2) is 0 Å². The van der Waals surface area contributed by atoms with Crippen molar-refractivity contribution in [2.75, 3.05) is 6.61 Å². The summed E-state index contributed by atoms with van der Waals surface area (Å²) in [6.45, 7) is 0.998. The molecule has 2 N–H and O–H groups in total. The molecule has 7 heteroatoms. The molecule has 4 aromatic rings. The Morgan fingerprint density at radius 1 is 1.19 bits per heavy atom. The predicted octanol–water partition coefficient (Wildman–Crippen LogP) is 3.22. The zero-order chi connectivity index (χ0) is 18.2. The summed E-state index contributed by atoms with van der Waals surface area (Å²) in [4.78, 5) is 12.6. The van der Waals surface area contributed by atoms with Crippen molar-refractivity contribution in [2.24, 2.45) is 0 Å². The summed E-state index contributed by atoms with van der Waals surface area (Å²) in [5.74, 6) is 0.239. The molecular formula is C20H16N4O3. The van der Waals surface area contributed by atoms with Crippen LogP contribution < -0.4 is 5.32 Å². The first-order valence-electron chi connectivity index (χ1n) is 8.64. The van der Waals surface area contributed by atoms with Crippen molar-refractivity contribution in [3.8, 4) is 11.3 Å². The molecule has 0 saturated heterocycles. The minimum absolute atomic E-state index is 0.204. The Kier molecular flexibility index (Phi) is 3.72. The summed E-state index contributed by atoms with van der Waals surface area (Å²) >= 11 is 0. The van der Waals surface area contributed by atoms with Crippen LogP contribution in [-0.2, 0) is 11.3 Å². The molecule has 2 aromatic heterocycles. The van der Waals surface area contributed by atoms with Gasteiger partial charge in [-0.1, -0.05) is 29.4 Å². The highest BCUT2D eigenvalue weighted by Crippen LogP contribution is 2.26. The number of hydrogen-bond acceptors (Lipinski definition) is 5. The normalized spacial score (nSPS) is 16.2. The van der Waals surface area contributed by atoms with E-state index < -0.39 is 0 Å². The molecule has 0 radical (unpaired) electrons. The second-order valence-corrected chi connectivity index (χ2v) is 6.49. The standard InChI is InChI=1S/C20H16N4O3/c25-20(22-18-11-26-10-13-3-1-2-4-15(13)18)17-8-19(27-24-17)12-5-6-16-14(7-12)9-21-23-16/h1-9,18H,10-11H2,(H,21,23)(H,22,25). The van der Waals surface area contributed by atoms with Crippen molar-refractivity contribution in [1.29, 1.82) is 0 Å². The number of amides is 1. The molecule has 1 aliphatic rings. The van der Waals surface area contributed by atoms with Gasteiger partial charge in [-0.05, 0) is 29.3 Å². The van der Waals surface area contributed by atoms with Crippen molar-refractivity contribution in [3.05, 3.63) is 71.5 Å². The van der Waals surface area contributed by atoms with Gasteiger partial charge in [0.1, 0.15) is 0 Å². The Morgan fingerprint density at radius 2 is 2.11 bits per heavy atom. The first kappa shape index (κ1) is 15.8. The van der Waals surface area contributed by atoms with Crippen molar-refractivity contribution >= 4 is 16.8 Å². The molecular weight excluding hydrogens is 344 g/mol. The summed E-state index contributed by atoms with van der Waals surface area (Å²) in [5.41, 5.74) is 4.17. The van der Waals surface area contributed by atoms with E-state index in [4.69, 9.17) is 9.26 Å². The van der Waals surface area contributed by atoms with Gasteiger partial charge >= 0.3 is 0 Å². The fraction of sp³-hybridized carbons (Fsp3) is 0.150. The Labute approximate surface area is 154 Å². The van der Waals surface area contributed by atoms with E-state index in [0.29, 0.717) is 19.0 Å². The van der Waals surface area contributed by atoms with Gasteiger partial charge in [-0.15, -0.1) is 0 Å². The largest absolute Gasteiger partial charge is 0.374 e. The summed E-state index contributed by atoms with van der Waals surface area (Å²) < 4.78 is 11.0. The second-order valence-electron chi connectivity index (χ2n) is 6.49. The fourth-order valence-corrected chi connectivity index (χ4v) is 3.35. The number of aromatic amines is 1. The lowest BCUT2D eigenvalue weighted by Gasteiger charge is -2.26. The average molecular weight is 360 g/mol. The molecule has 1 aliphatic heterocycles. The average Bonchev–Trinajstić information content (AvgIpc) is 3.37. The maximum atomic E-state index is 12.6. The highest BCUT2D eigenvalue weighted by Gasteiger charge is 2.24. The van der Waals surface area contributed by atoms with Crippen LogP contribution in [-0.4, -0.2) is 27.9 Å². The number of nitrogens with zero attached hydrogens (tertiary/aromatic N) is 2. The Balaban J connectivity index is 1.37. The monoisotopic (exact) mass is 360 g/mol. The molecule has 1 amide bonds. The van der Waals surface area contributed by atoms with Crippen LogP contribution >= 0.6 is 0 Å². The molecule has 0 aliphatic carbocycles. The molecule has 27 heavy (non-hydrogen) atoms. The van der Waals surface area contributed by atoms with E-state index in [0.717, 1.165) is 27.6 Å². The molecule has 3 heterocycles. The smallest absolute Gasteiger partial charge is 0.274 e. The first-order valence-corrected chi connectivity index (χ1v) is 8.64. The molecule has 7 nitrogen and oxygen atoms in total. The number of hydrogen-bond donors (Lipinski definition) is 2. The number of carbonyl (C=O) groups is 1. The molecule has 0 saturated carbocycles. The second kappa shape index (κ2) is 6.37. The molecule has 5 rings (SSSR count). The highest BCUT2D eigenvalue weighted by atomic mass is 16.5. The van der Waals surface area contributed by atoms with Gasteiger partial charge in [-0.2, -0.15) is 5.10 Å². The number of aromatic nitrogens is 3. The molecule has 1 atom stereocenters. The molecule has 0 spiro atoms.